The fourth-order valence-corrected chi connectivity index (χ4v) is 3.83. The number of hydrogen-bond donors (Lipinski definition) is 1. The van der Waals surface area contributed by atoms with Gasteiger partial charge in [0.1, 0.15) is 5.82 Å². The highest BCUT2D eigenvalue weighted by Crippen LogP contribution is 2.28. The highest BCUT2D eigenvalue weighted by Gasteiger charge is 2.20. The molecule has 4 nitrogen and oxygen atoms in total. The average Bonchev–Trinajstić information content (AvgIpc) is 2.99. The van der Waals surface area contributed by atoms with Gasteiger partial charge in [-0.3, -0.25) is 4.79 Å². The number of imidazole rings is 1. The Balaban J connectivity index is 1.83. The van der Waals surface area contributed by atoms with Crippen LogP contribution in [0.2, 0.25) is 0 Å². The van der Waals surface area contributed by atoms with Crippen LogP contribution in [0.25, 0.3) is 11.0 Å². The van der Waals surface area contributed by atoms with Gasteiger partial charge < -0.3 is 9.88 Å². The van der Waals surface area contributed by atoms with Crippen LogP contribution in [0.1, 0.15) is 64.2 Å². The topological polar surface area (TPSA) is 46.9 Å². The van der Waals surface area contributed by atoms with Crippen molar-refractivity contribution in [3.63, 3.8) is 0 Å². The molecular weight excluding hydrogens is 310 g/mol. The molecule has 0 bridgehead atoms. The summed E-state index contributed by atoms with van der Waals surface area (Å²) in [7, 11) is 0. The number of para-hydroxylation sites is 2. The van der Waals surface area contributed by atoms with E-state index < -0.39 is 0 Å². The Labute approximate surface area is 150 Å². The highest BCUT2D eigenvalue weighted by atomic mass is 16.1. The highest BCUT2D eigenvalue weighted by molar-refractivity contribution is 5.92. The maximum Gasteiger partial charge on any atom is 0.246 e. The van der Waals surface area contributed by atoms with E-state index in [0.717, 1.165) is 29.3 Å². The van der Waals surface area contributed by atoms with Crippen LogP contribution in [0, 0.1) is 5.92 Å². The second-order valence-corrected chi connectivity index (χ2v) is 7.38. The number of hydrogen-bond acceptors (Lipinski definition) is 2. The summed E-state index contributed by atoms with van der Waals surface area (Å²) in [4.78, 5) is 16.8. The van der Waals surface area contributed by atoms with E-state index in [1.165, 1.54) is 38.5 Å². The van der Waals surface area contributed by atoms with Crippen LogP contribution >= 0.6 is 0 Å². The molecule has 1 aliphatic carbocycles. The van der Waals surface area contributed by atoms with Crippen LogP contribution < -0.4 is 5.32 Å². The Kier molecular flexibility index (Phi) is 5.57. The summed E-state index contributed by atoms with van der Waals surface area (Å²) in [5.74, 6) is 1.65. The van der Waals surface area contributed by atoms with Crippen molar-refractivity contribution in [2.75, 3.05) is 0 Å². The first-order chi connectivity index (χ1) is 12.1. The number of fused-ring (bicyclic) bond motifs is 1. The van der Waals surface area contributed by atoms with E-state index in [1.807, 2.05) is 19.1 Å². The van der Waals surface area contributed by atoms with Gasteiger partial charge in [-0.1, -0.05) is 50.8 Å². The third kappa shape index (κ3) is 4.12. The van der Waals surface area contributed by atoms with Gasteiger partial charge in [0, 0.05) is 12.1 Å². The summed E-state index contributed by atoms with van der Waals surface area (Å²) < 4.78 is 2.30. The zero-order valence-electron chi connectivity index (χ0n) is 15.4. The minimum Gasteiger partial charge on any atom is -0.343 e. The first-order valence-electron chi connectivity index (χ1n) is 9.48. The fraction of sp³-hybridized carbons (Fsp3) is 0.524. The predicted octanol–water partition coefficient (Wildman–Crippen LogP) is 4.76. The quantitative estimate of drug-likeness (QED) is 0.771. The number of nitrogens with zero attached hydrogens (tertiary/aromatic N) is 2. The SMILES string of the molecule is C=C(C)C(=O)NC(C)c1nc2ccccc2n1CCC1CCCCC1. The van der Waals surface area contributed by atoms with Gasteiger partial charge in [-0.05, 0) is 38.3 Å². The number of nitrogens with one attached hydrogen (secondary N) is 1. The van der Waals surface area contributed by atoms with Crippen LogP contribution in [0.15, 0.2) is 36.4 Å². The van der Waals surface area contributed by atoms with Crippen LogP contribution in [0.4, 0.5) is 0 Å². The molecule has 1 atom stereocenters. The van der Waals surface area contributed by atoms with Crippen molar-refractivity contribution >= 4 is 16.9 Å². The summed E-state index contributed by atoms with van der Waals surface area (Å²) >= 11 is 0. The van der Waals surface area contributed by atoms with Crippen molar-refractivity contribution in [2.45, 2.75) is 65.0 Å². The Morgan fingerprint density at radius 2 is 2.04 bits per heavy atom. The summed E-state index contributed by atoms with van der Waals surface area (Å²) in [5, 5.41) is 3.01. The van der Waals surface area contributed by atoms with Crippen LogP contribution in [0.5, 0.6) is 0 Å². The standard InChI is InChI=1S/C21H29N3O/c1-15(2)21(25)22-16(3)20-23-18-11-7-8-12-19(18)24(20)14-13-17-9-5-4-6-10-17/h7-8,11-12,16-17H,1,4-6,9-10,13-14H2,2-3H3,(H,22,25). The van der Waals surface area contributed by atoms with Gasteiger partial charge >= 0.3 is 0 Å². The molecule has 134 valence electrons. The normalized spacial score (nSPS) is 16.7. The van der Waals surface area contributed by atoms with E-state index in [0.29, 0.717) is 5.57 Å². The summed E-state index contributed by atoms with van der Waals surface area (Å²) in [6.45, 7) is 8.42. The molecule has 0 aliphatic heterocycles. The van der Waals surface area contributed by atoms with Crippen LogP contribution in [0.3, 0.4) is 0 Å². The molecule has 4 heteroatoms. The van der Waals surface area contributed by atoms with E-state index in [9.17, 15) is 4.79 Å². The van der Waals surface area contributed by atoms with Crippen molar-refractivity contribution in [3.8, 4) is 0 Å². The van der Waals surface area contributed by atoms with Crippen LogP contribution in [-0.2, 0) is 11.3 Å². The minimum atomic E-state index is -0.136. The van der Waals surface area contributed by atoms with Crippen molar-refractivity contribution in [2.24, 2.45) is 5.92 Å². The van der Waals surface area contributed by atoms with E-state index in [4.69, 9.17) is 4.98 Å². The summed E-state index contributed by atoms with van der Waals surface area (Å²) in [6.07, 6.45) is 8.02. The molecule has 1 fully saturated rings. The average molecular weight is 339 g/mol. The number of carbonyl (C=O) groups is 1. The molecule has 1 unspecified atom stereocenters. The first-order valence-corrected chi connectivity index (χ1v) is 9.48. The number of rotatable bonds is 6. The molecule has 3 rings (SSSR count). The lowest BCUT2D eigenvalue weighted by Gasteiger charge is -2.23. The van der Waals surface area contributed by atoms with Crippen molar-refractivity contribution in [3.05, 3.63) is 42.2 Å². The molecule has 25 heavy (non-hydrogen) atoms. The second-order valence-electron chi connectivity index (χ2n) is 7.38. The fourth-order valence-electron chi connectivity index (χ4n) is 3.83. The Hall–Kier alpha value is -2.10. The molecule has 1 amide bonds. The molecule has 1 saturated carbocycles. The Morgan fingerprint density at radius 1 is 1.32 bits per heavy atom. The molecule has 1 aliphatic rings. The molecule has 1 aromatic carbocycles. The van der Waals surface area contributed by atoms with Gasteiger partial charge in [0.2, 0.25) is 5.91 Å². The van der Waals surface area contributed by atoms with E-state index in [2.05, 4.69) is 28.6 Å². The monoisotopic (exact) mass is 339 g/mol. The van der Waals surface area contributed by atoms with Crippen molar-refractivity contribution in [1.82, 2.24) is 14.9 Å². The van der Waals surface area contributed by atoms with Gasteiger partial charge in [0.15, 0.2) is 0 Å². The van der Waals surface area contributed by atoms with E-state index in [-0.39, 0.29) is 11.9 Å². The number of carbonyl (C=O) groups excluding carboxylic acids is 1. The maximum absolute atomic E-state index is 12.0. The number of benzene rings is 1. The lowest BCUT2D eigenvalue weighted by Crippen LogP contribution is -2.29. The smallest absolute Gasteiger partial charge is 0.246 e. The van der Waals surface area contributed by atoms with E-state index >= 15 is 0 Å². The maximum atomic E-state index is 12.0. The van der Waals surface area contributed by atoms with Gasteiger partial charge in [0.05, 0.1) is 17.1 Å². The predicted molar refractivity (Wildman–Crippen MR) is 102 cm³/mol. The molecule has 1 N–H and O–H groups in total. The zero-order valence-corrected chi connectivity index (χ0v) is 15.4. The molecule has 0 saturated heterocycles. The Morgan fingerprint density at radius 3 is 2.76 bits per heavy atom. The molecule has 0 spiro atoms. The number of aryl methyl sites for hydroxylation is 1. The first kappa shape index (κ1) is 17.7. The Bertz CT molecular complexity index is 756. The van der Waals surface area contributed by atoms with Gasteiger partial charge in [-0.2, -0.15) is 0 Å². The summed E-state index contributed by atoms with van der Waals surface area (Å²) in [5.41, 5.74) is 2.68. The molecule has 1 aromatic heterocycles. The van der Waals surface area contributed by atoms with Gasteiger partial charge in [-0.15, -0.1) is 0 Å². The molecule has 0 radical (unpaired) electrons. The molecule has 2 aromatic rings. The minimum absolute atomic E-state index is 0.113. The van der Waals surface area contributed by atoms with Crippen molar-refractivity contribution in [1.29, 1.82) is 0 Å². The zero-order chi connectivity index (χ0) is 17.8. The second kappa shape index (κ2) is 7.85. The molecule has 1 heterocycles. The lowest BCUT2D eigenvalue weighted by molar-refractivity contribution is -0.118. The third-order valence-corrected chi connectivity index (χ3v) is 5.29. The largest absolute Gasteiger partial charge is 0.343 e. The number of aromatic nitrogens is 2. The third-order valence-electron chi connectivity index (χ3n) is 5.29. The lowest BCUT2D eigenvalue weighted by atomic mass is 9.87. The van der Waals surface area contributed by atoms with Gasteiger partial charge in [0.25, 0.3) is 0 Å². The molecular formula is C21H29N3O. The van der Waals surface area contributed by atoms with Gasteiger partial charge in [-0.25, -0.2) is 4.98 Å². The van der Waals surface area contributed by atoms with Crippen molar-refractivity contribution < 1.29 is 4.79 Å². The summed E-state index contributed by atoms with van der Waals surface area (Å²) in [6, 6.07) is 8.11. The van der Waals surface area contributed by atoms with E-state index in [1.54, 1.807) is 6.92 Å². The van der Waals surface area contributed by atoms with Crippen LogP contribution in [-0.4, -0.2) is 15.5 Å². The number of amides is 1.